The van der Waals surface area contributed by atoms with E-state index in [0.29, 0.717) is 0 Å². The van der Waals surface area contributed by atoms with Crippen LogP contribution >= 0.6 is 23.7 Å². The van der Waals surface area contributed by atoms with Gasteiger partial charge in [-0.3, -0.25) is 4.79 Å². The summed E-state index contributed by atoms with van der Waals surface area (Å²) in [6.07, 6.45) is 4.17. The third kappa shape index (κ3) is 3.95. The summed E-state index contributed by atoms with van der Waals surface area (Å²) in [6, 6.07) is 8.56. The Hall–Kier alpha value is -1.43. The molecule has 1 aliphatic carbocycles. The number of hydrogen-bond acceptors (Lipinski definition) is 4. The van der Waals surface area contributed by atoms with Gasteiger partial charge in [-0.05, 0) is 57.2 Å². The number of halogens is 1. The lowest BCUT2D eigenvalue weighted by Crippen LogP contribution is -2.31. The van der Waals surface area contributed by atoms with Crippen LogP contribution in [0.4, 0.5) is 5.13 Å². The zero-order valence-corrected chi connectivity index (χ0v) is 16.9. The van der Waals surface area contributed by atoms with Crippen molar-refractivity contribution >= 4 is 34.8 Å². The molecule has 140 valence electrons. The lowest BCUT2D eigenvalue weighted by Gasteiger charge is -2.22. The van der Waals surface area contributed by atoms with E-state index in [2.05, 4.69) is 46.8 Å². The van der Waals surface area contributed by atoms with E-state index in [4.69, 9.17) is 0 Å². The average molecular weight is 392 g/mol. The van der Waals surface area contributed by atoms with Gasteiger partial charge in [-0.1, -0.05) is 29.8 Å². The molecular weight excluding hydrogens is 366 g/mol. The van der Waals surface area contributed by atoms with Crippen LogP contribution in [0.25, 0.3) is 0 Å². The van der Waals surface area contributed by atoms with Gasteiger partial charge in [-0.15, -0.1) is 23.7 Å². The third-order valence-corrected chi connectivity index (χ3v) is 6.75. The summed E-state index contributed by atoms with van der Waals surface area (Å²) in [5, 5.41) is 7.22. The molecule has 4 rings (SSSR count). The summed E-state index contributed by atoms with van der Waals surface area (Å²) in [5.41, 5.74) is 3.86. The van der Waals surface area contributed by atoms with E-state index in [9.17, 15) is 4.79 Å². The molecule has 1 unspecified atom stereocenters. The predicted molar refractivity (Wildman–Crippen MR) is 109 cm³/mol. The third-order valence-electron chi connectivity index (χ3n) is 5.68. The van der Waals surface area contributed by atoms with Crippen LogP contribution in [0.1, 0.15) is 41.0 Å². The smallest absolute Gasteiger partial charge is 0.229 e. The molecule has 2 aromatic rings. The maximum Gasteiger partial charge on any atom is 0.229 e. The molecule has 1 saturated heterocycles. The summed E-state index contributed by atoms with van der Waals surface area (Å²) in [7, 11) is 0. The molecule has 6 heteroatoms. The topological polar surface area (TPSA) is 54.0 Å². The number of carbonyl (C=O) groups excluding carboxylic acids is 1. The predicted octanol–water partition coefficient (Wildman–Crippen LogP) is 4.10. The molecule has 1 aliphatic heterocycles. The van der Waals surface area contributed by atoms with E-state index in [-0.39, 0.29) is 29.6 Å². The molecule has 0 bridgehead atoms. The quantitative estimate of drug-likeness (QED) is 0.824. The van der Waals surface area contributed by atoms with Crippen LogP contribution < -0.4 is 10.6 Å². The van der Waals surface area contributed by atoms with Gasteiger partial charge in [-0.2, -0.15) is 0 Å². The Morgan fingerprint density at radius 2 is 2.12 bits per heavy atom. The molecule has 2 fully saturated rings. The highest BCUT2D eigenvalue weighted by molar-refractivity contribution is 7.15. The number of nitrogens with zero attached hydrogens (tertiary/aromatic N) is 1. The standard InChI is InChI=1S/C20H25N3OS.ClH/c1-13-4-3-5-15(10-13)11-17-14(2)22-19(25-17)23-18(24)16-12-20(16)6-8-21-9-7-20;/h3-5,10,16,21H,6-9,11-12H2,1-2H3,(H,22,23,24);1H. The molecule has 2 N–H and O–H groups in total. The van der Waals surface area contributed by atoms with Crippen molar-refractivity contribution in [2.45, 2.75) is 39.5 Å². The Kier molecular flexibility index (Phi) is 5.70. The fraction of sp³-hybridized carbons (Fsp3) is 0.500. The second-order valence-electron chi connectivity index (χ2n) is 7.55. The molecule has 2 heterocycles. The van der Waals surface area contributed by atoms with Crippen LogP contribution in [-0.4, -0.2) is 24.0 Å². The van der Waals surface area contributed by atoms with Gasteiger partial charge in [0.1, 0.15) is 0 Å². The average Bonchev–Trinajstić information content (AvgIpc) is 3.16. The second-order valence-corrected chi connectivity index (χ2v) is 8.64. The molecular formula is C20H26ClN3OS. The van der Waals surface area contributed by atoms with Gasteiger partial charge >= 0.3 is 0 Å². The first-order valence-corrected chi connectivity index (χ1v) is 9.91. The van der Waals surface area contributed by atoms with Crippen molar-refractivity contribution in [2.24, 2.45) is 11.3 Å². The highest BCUT2D eigenvalue weighted by Crippen LogP contribution is 2.58. The Morgan fingerprint density at radius 3 is 2.85 bits per heavy atom. The Bertz CT molecular complexity index is 798. The van der Waals surface area contributed by atoms with Crippen molar-refractivity contribution < 1.29 is 4.79 Å². The van der Waals surface area contributed by atoms with Crippen molar-refractivity contribution in [3.63, 3.8) is 0 Å². The van der Waals surface area contributed by atoms with Crippen LogP contribution in [0.15, 0.2) is 24.3 Å². The molecule has 2 aliphatic rings. The maximum absolute atomic E-state index is 12.6. The number of hydrogen-bond donors (Lipinski definition) is 2. The number of rotatable bonds is 4. The summed E-state index contributed by atoms with van der Waals surface area (Å²) < 4.78 is 0. The van der Waals surface area contributed by atoms with E-state index >= 15 is 0 Å². The SMILES string of the molecule is Cc1cccc(Cc2sc(NC(=O)C3CC34CCNCC4)nc2C)c1.Cl. The van der Waals surface area contributed by atoms with Gasteiger partial charge in [0, 0.05) is 17.2 Å². The number of anilines is 1. The van der Waals surface area contributed by atoms with Crippen LogP contribution in [0.3, 0.4) is 0 Å². The molecule has 1 amide bonds. The number of aromatic nitrogens is 1. The first-order chi connectivity index (χ1) is 12.1. The lowest BCUT2D eigenvalue weighted by molar-refractivity contribution is -0.118. The van der Waals surface area contributed by atoms with Gasteiger partial charge in [0.2, 0.25) is 5.91 Å². The number of piperidine rings is 1. The highest BCUT2D eigenvalue weighted by Gasteiger charge is 2.57. The Balaban J connectivity index is 0.00000196. The van der Waals surface area contributed by atoms with Crippen molar-refractivity contribution in [1.82, 2.24) is 10.3 Å². The minimum Gasteiger partial charge on any atom is -0.317 e. The van der Waals surface area contributed by atoms with Crippen molar-refractivity contribution in [2.75, 3.05) is 18.4 Å². The summed E-state index contributed by atoms with van der Waals surface area (Å²) >= 11 is 1.61. The normalized spacial score (nSPS) is 20.5. The van der Waals surface area contributed by atoms with Gasteiger partial charge in [0.05, 0.1) is 5.69 Å². The van der Waals surface area contributed by atoms with E-state index in [1.165, 1.54) is 16.0 Å². The first-order valence-electron chi connectivity index (χ1n) is 9.09. The van der Waals surface area contributed by atoms with Crippen LogP contribution in [-0.2, 0) is 11.2 Å². The van der Waals surface area contributed by atoms with Crippen LogP contribution in [0.2, 0.25) is 0 Å². The minimum atomic E-state index is 0. The Labute approximate surface area is 165 Å². The van der Waals surface area contributed by atoms with E-state index in [0.717, 1.165) is 49.6 Å². The molecule has 26 heavy (non-hydrogen) atoms. The van der Waals surface area contributed by atoms with Crippen molar-refractivity contribution in [3.8, 4) is 0 Å². The fourth-order valence-corrected chi connectivity index (χ4v) is 5.04. The van der Waals surface area contributed by atoms with Crippen LogP contribution in [0, 0.1) is 25.2 Å². The Morgan fingerprint density at radius 1 is 1.35 bits per heavy atom. The largest absolute Gasteiger partial charge is 0.317 e. The number of benzene rings is 1. The van der Waals surface area contributed by atoms with Gasteiger partial charge < -0.3 is 10.6 Å². The summed E-state index contributed by atoms with van der Waals surface area (Å²) in [5.74, 6) is 0.344. The second kappa shape index (κ2) is 7.67. The summed E-state index contributed by atoms with van der Waals surface area (Å²) in [6.45, 7) is 6.23. The molecule has 1 aromatic heterocycles. The first kappa shape index (κ1) is 19.3. The van der Waals surface area contributed by atoms with E-state index < -0.39 is 0 Å². The van der Waals surface area contributed by atoms with Gasteiger partial charge in [0.25, 0.3) is 0 Å². The number of amides is 1. The van der Waals surface area contributed by atoms with Gasteiger partial charge in [0.15, 0.2) is 5.13 Å². The fourth-order valence-electron chi connectivity index (χ4n) is 4.04. The number of thiazole rings is 1. The molecule has 1 atom stereocenters. The monoisotopic (exact) mass is 391 g/mol. The van der Waals surface area contributed by atoms with Crippen molar-refractivity contribution in [3.05, 3.63) is 46.0 Å². The number of carbonyl (C=O) groups is 1. The minimum absolute atomic E-state index is 0. The maximum atomic E-state index is 12.6. The molecule has 1 saturated carbocycles. The zero-order valence-electron chi connectivity index (χ0n) is 15.3. The molecule has 1 aromatic carbocycles. The summed E-state index contributed by atoms with van der Waals surface area (Å²) in [4.78, 5) is 18.4. The van der Waals surface area contributed by atoms with E-state index in [1.807, 2.05) is 6.92 Å². The zero-order chi connectivity index (χ0) is 17.4. The lowest BCUT2D eigenvalue weighted by atomic mass is 9.92. The number of aryl methyl sites for hydroxylation is 2. The number of nitrogens with one attached hydrogen (secondary N) is 2. The highest BCUT2D eigenvalue weighted by atomic mass is 35.5. The van der Waals surface area contributed by atoms with Gasteiger partial charge in [-0.25, -0.2) is 4.98 Å². The van der Waals surface area contributed by atoms with Crippen LogP contribution in [0.5, 0.6) is 0 Å². The van der Waals surface area contributed by atoms with Crippen molar-refractivity contribution in [1.29, 1.82) is 0 Å². The molecule has 4 nitrogen and oxygen atoms in total. The molecule has 0 radical (unpaired) electrons. The van der Waals surface area contributed by atoms with E-state index in [1.54, 1.807) is 11.3 Å². The molecule has 1 spiro atoms.